The number of hydrogen-bond donors (Lipinski definition) is 1. The standard InChI is InChI=1S/C14H20FN/c1-2-8-16-14(12-6-7-12)10-11-4-3-5-13(15)9-11/h3-5,9,12,14,16H,2,6-8,10H2,1H3. The molecule has 2 rings (SSSR count). The maximum Gasteiger partial charge on any atom is 0.123 e. The Hall–Kier alpha value is -0.890. The lowest BCUT2D eigenvalue weighted by molar-refractivity contribution is 0.459. The topological polar surface area (TPSA) is 12.0 Å². The van der Waals surface area contributed by atoms with E-state index < -0.39 is 0 Å². The van der Waals surface area contributed by atoms with Gasteiger partial charge in [-0.3, -0.25) is 0 Å². The lowest BCUT2D eigenvalue weighted by atomic mass is 10.0. The first-order valence-corrected chi connectivity index (χ1v) is 6.27. The van der Waals surface area contributed by atoms with Crippen LogP contribution in [-0.4, -0.2) is 12.6 Å². The van der Waals surface area contributed by atoms with Crippen LogP contribution in [0.15, 0.2) is 24.3 Å². The second kappa shape index (κ2) is 5.44. The van der Waals surface area contributed by atoms with Gasteiger partial charge in [-0.25, -0.2) is 4.39 Å². The van der Waals surface area contributed by atoms with E-state index in [9.17, 15) is 4.39 Å². The predicted molar refractivity (Wildman–Crippen MR) is 64.9 cm³/mol. The molecule has 0 radical (unpaired) electrons. The lowest BCUT2D eigenvalue weighted by Crippen LogP contribution is -2.33. The molecule has 1 aromatic rings. The van der Waals surface area contributed by atoms with Gasteiger partial charge in [-0.2, -0.15) is 0 Å². The van der Waals surface area contributed by atoms with Crippen molar-refractivity contribution in [2.75, 3.05) is 6.54 Å². The van der Waals surface area contributed by atoms with Gasteiger partial charge < -0.3 is 5.32 Å². The fraction of sp³-hybridized carbons (Fsp3) is 0.571. The molecule has 2 heteroatoms. The molecule has 1 unspecified atom stereocenters. The highest BCUT2D eigenvalue weighted by atomic mass is 19.1. The number of rotatable bonds is 6. The number of hydrogen-bond acceptors (Lipinski definition) is 1. The first-order valence-electron chi connectivity index (χ1n) is 6.27. The average molecular weight is 221 g/mol. The van der Waals surface area contributed by atoms with Crippen LogP contribution in [0.25, 0.3) is 0 Å². The molecule has 0 aliphatic heterocycles. The molecule has 1 nitrogen and oxygen atoms in total. The maximum absolute atomic E-state index is 13.1. The van der Waals surface area contributed by atoms with Crippen molar-refractivity contribution < 1.29 is 4.39 Å². The van der Waals surface area contributed by atoms with Crippen molar-refractivity contribution in [1.82, 2.24) is 5.32 Å². The summed E-state index contributed by atoms with van der Waals surface area (Å²) in [5, 5.41) is 3.58. The quantitative estimate of drug-likeness (QED) is 0.778. The largest absolute Gasteiger partial charge is 0.313 e. The fourth-order valence-electron chi connectivity index (χ4n) is 2.15. The molecule has 0 spiro atoms. The zero-order chi connectivity index (χ0) is 11.4. The van der Waals surface area contributed by atoms with E-state index in [-0.39, 0.29) is 5.82 Å². The Morgan fingerprint density at radius 1 is 1.44 bits per heavy atom. The van der Waals surface area contributed by atoms with Crippen molar-refractivity contribution in [3.8, 4) is 0 Å². The highest BCUT2D eigenvalue weighted by Crippen LogP contribution is 2.34. The first kappa shape index (κ1) is 11.6. The Morgan fingerprint density at radius 3 is 2.88 bits per heavy atom. The van der Waals surface area contributed by atoms with Gasteiger partial charge in [0.05, 0.1) is 0 Å². The molecule has 0 aromatic heterocycles. The second-order valence-electron chi connectivity index (χ2n) is 4.73. The van der Waals surface area contributed by atoms with Crippen LogP contribution in [0.3, 0.4) is 0 Å². The van der Waals surface area contributed by atoms with Crippen LogP contribution < -0.4 is 5.32 Å². The number of nitrogens with one attached hydrogen (secondary N) is 1. The molecule has 1 N–H and O–H groups in total. The van der Waals surface area contributed by atoms with E-state index in [4.69, 9.17) is 0 Å². The highest BCUT2D eigenvalue weighted by Gasteiger charge is 2.30. The van der Waals surface area contributed by atoms with Gasteiger partial charge in [0.25, 0.3) is 0 Å². The molecule has 88 valence electrons. The minimum atomic E-state index is -0.123. The summed E-state index contributed by atoms with van der Waals surface area (Å²) in [6, 6.07) is 7.53. The Morgan fingerprint density at radius 2 is 2.25 bits per heavy atom. The summed E-state index contributed by atoms with van der Waals surface area (Å²) in [7, 11) is 0. The highest BCUT2D eigenvalue weighted by molar-refractivity contribution is 5.18. The fourth-order valence-corrected chi connectivity index (χ4v) is 2.15. The van der Waals surface area contributed by atoms with Gasteiger partial charge in [-0.15, -0.1) is 0 Å². The molecule has 1 atom stereocenters. The van der Waals surface area contributed by atoms with Crippen LogP contribution in [0.1, 0.15) is 31.7 Å². The minimum absolute atomic E-state index is 0.123. The molecule has 1 fully saturated rings. The Labute approximate surface area is 97.1 Å². The second-order valence-corrected chi connectivity index (χ2v) is 4.73. The zero-order valence-electron chi connectivity index (χ0n) is 9.88. The van der Waals surface area contributed by atoms with Crippen LogP contribution >= 0.6 is 0 Å². The summed E-state index contributed by atoms with van der Waals surface area (Å²) in [4.78, 5) is 0. The summed E-state index contributed by atoms with van der Waals surface area (Å²) in [6.07, 6.45) is 4.78. The molecular weight excluding hydrogens is 201 g/mol. The van der Waals surface area contributed by atoms with Crippen LogP contribution in [0.5, 0.6) is 0 Å². The van der Waals surface area contributed by atoms with Crippen molar-refractivity contribution in [2.45, 2.75) is 38.6 Å². The van der Waals surface area contributed by atoms with Gasteiger partial charge in [-0.05, 0) is 55.8 Å². The predicted octanol–water partition coefficient (Wildman–Crippen LogP) is 3.15. The van der Waals surface area contributed by atoms with Gasteiger partial charge in [0, 0.05) is 6.04 Å². The molecule has 0 saturated heterocycles. The average Bonchev–Trinajstić information content (AvgIpc) is 3.08. The summed E-state index contributed by atoms with van der Waals surface area (Å²) < 4.78 is 13.1. The van der Waals surface area contributed by atoms with Gasteiger partial charge in [0.1, 0.15) is 5.82 Å². The third-order valence-electron chi connectivity index (χ3n) is 3.19. The van der Waals surface area contributed by atoms with E-state index in [0.29, 0.717) is 6.04 Å². The van der Waals surface area contributed by atoms with Crippen LogP contribution in [0.4, 0.5) is 4.39 Å². The number of benzene rings is 1. The van der Waals surface area contributed by atoms with E-state index in [1.54, 1.807) is 12.1 Å². The summed E-state index contributed by atoms with van der Waals surface area (Å²) in [5.41, 5.74) is 1.11. The first-order chi connectivity index (χ1) is 7.79. The molecule has 0 bridgehead atoms. The van der Waals surface area contributed by atoms with E-state index >= 15 is 0 Å². The van der Waals surface area contributed by atoms with Gasteiger partial charge in [-0.1, -0.05) is 19.1 Å². The Kier molecular flexibility index (Phi) is 3.94. The monoisotopic (exact) mass is 221 g/mol. The molecule has 16 heavy (non-hydrogen) atoms. The van der Waals surface area contributed by atoms with E-state index in [1.165, 1.54) is 18.9 Å². The van der Waals surface area contributed by atoms with Crippen molar-refractivity contribution in [3.63, 3.8) is 0 Å². The minimum Gasteiger partial charge on any atom is -0.313 e. The third kappa shape index (κ3) is 3.31. The normalized spacial score (nSPS) is 17.4. The molecule has 1 aliphatic rings. The van der Waals surface area contributed by atoms with Crippen molar-refractivity contribution in [2.24, 2.45) is 5.92 Å². The van der Waals surface area contributed by atoms with Crippen molar-refractivity contribution in [3.05, 3.63) is 35.6 Å². The summed E-state index contributed by atoms with van der Waals surface area (Å²) in [6.45, 7) is 3.25. The van der Waals surface area contributed by atoms with E-state index in [2.05, 4.69) is 12.2 Å². The molecule has 1 aromatic carbocycles. The Bertz CT molecular complexity index is 333. The van der Waals surface area contributed by atoms with Crippen LogP contribution in [0, 0.1) is 11.7 Å². The van der Waals surface area contributed by atoms with Gasteiger partial charge >= 0.3 is 0 Å². The van der Waals surface area contributed by atoms with E-state index in [0.717, 1.165) is 30.9 Å². The molecule has 1 aliphatic carbocycles. The third-order valence-corrected chi connectivity index (χ3v) is 3.19. The molecule has 1 saturated carbocycles. The summed E-state index contributed by atoms with van der Waals surface area (Å²) in [5.74, 6) is 0.692. The van der Waals surface area contributed by atoms with Gasteiger partial charge in [0.2, 0.25) is 0 Å². The van der Waals surface area contributed by atoms with Crippen LogP contribution in [-0.2, 0) is 6.42 Å². The smallest absolute Gasteiger partial charge is 0.123 e. The van der Waals surface area contributed by atoms with Crippen molar-refractivity contribution >= 4 is 0 Å². The molecular formula is C14H20FN. The van der Waals surface area contributed by atoms with Crippen LogP contribution in [0.2, 0.25) is 0 Å². The van der Waals surface area contributed by atoms with E-state index in [1.807, 2.05) is 6.07 Å². The molecule has 0 amide bonds. The van der Waals surface area contributed by atoms with Crippen molar-refractivity contribution in [1.29, 1.82) is 0 Å². The summed E-state index contributed by atoms with van der Waals surface area (Å²) >= 11 is 0. The maximum atomic E-state index is 13.1. The van der Waals surface area contributed by atoms with Gasteiger partial charge in [0.15, 0.2) is 0 Å². The number of halogens is 1. The zero-order valence-corrected chi connectivity index (χ0v) is 9.88. The molecule has 0 heterocycles. The Balaban J connectivity index is 1.94. The SMILES string of the molecule is CCCNC(Cc1cccc(F)c1)C1CC1. The lowest BCUT2D eigenvalue weighted by Gasteiger charge is -2.18.